The van der Waals surface area contributed by atoms with Crippen LogP contribution in [0.25, 0.3) is 10.6 Å². The summed E-state index contributed by atoms with van der Waals surface area (Å²) in [4.78, 5) is 25.3. The van der Waals surface area contributed by atoms with Gasteiger partial charge in [-0.3, -0.25) is 4.79 Å². The van der Waals surface area contributed by atoms with Crippen molar-refractivity contribution in [1.29, 1.82) is 0 Å². The van der Waals surface area contributed by atoms with Crippen LogP contribution < -0.4 is 14.8 Å². The van der Waals surface area contributed by atoms with E-state index in [2.05, 4.69) is 20.3 Å². The lowest BCUT2D eigenvalue weighted by Gasteiger charge is -2.10. The molecule has 0 aliphatic rings. The minimum atomic E-state index is -0.268. The molecule has 2 aromatic carbocycles. The monoisotopic (exact) mass is 446 g/mol. The van der Waals surface area contributed by atoms with E-state index in [0.29, 0.717) is 17.1 Å². The van der Waals surface area contributed by atoms with Crippen molar-refractivity contribution in [2.45, 2.75) is 26.9 Å². The number of hydrogen-bond acceptors (Lipinski definition) is 7. The van der Waals surface area contributed by atoms with E-state index in [0.717, 1.165) is 21.9 Å². The van der Waals surface area contributed by atoms with Gasteiger partial charge >= 0.3 is 6.01 Å². The molecule has 32 heavy (non-hydrogen) atoms. The Hall–Kier alpha value is -3.78. The van der Waals surface area contributed by atoms with Gasteiger partial charge in [-0.25, -0.2) is 15.0 Å². The number of ether oxygens (including phenoxy) is 2. The highest BCUT2D eigenvalue weighted by molar-refractivity contribution is 7.13. The lowest BCUT2D eigenvalue weighted by molar-refractivity contribution is 0.102. The molecule has 8 heteroatoms. The molecule has 4 aromatic rings. The second kappa shape index (κ2) is 9.57. The highest BCUT2D eigenvalue weighted by Crippen LogP contribution is 2.28. The summed E-state index contributed by atoms with van der Waals surface area (Å²) in [6.45, 7) is 5.86. The molecule has 0 aliphatic heterocycles. The molecule has 162 valence electrons. The molecule has 2 aromatic heterocycles. The minimum absolute atomic E-state index is 0.117. The van der Waals surface area contributed by atoms with Gasteiger partial charge in [0, 0.05) is 29.0 Å². The predicted molar refractivity (Wildman–Crippen MR) is 125 cm³/mol. The molecule has 0 saturated heterocycles. The summed E-state index contributed by atoms with van der Waals surface area (Å²) in [5, 5.41) is 5.44. The average molecular weight is 447 g/mol. The van der Waals surface area contributed by atoms with Crippen LogP contribution in [0.3, 0.4) is 0 Å². The third-order valence-electron chi connectivity index (χ3n) is 4.41. The van der Waals surface area contributed by atoms with Gasteiger partial charge < -0.3 is 14.8 Å². The summed E-state index contributed by atoms with van der Waals surface area (Å²) < 4.78 is 11.3. The first kappa shape index (κ1) is 21.5. The summed E-state index contributed by atoms with van der Waals surface area (Å²) in [7, 11) is 0. The van der Waals surface area contributed by atoms with Gasteiger partial charge in [0.05, 0.1) is 6.10 Å². The summed E-state index contributed by atoms with van der Waals surface area (Å²) in [5.41, 5.74) is 2.83. The van der Waals surface area contributed by atoms with Gasteiger partial charge in [0.15, 0.2) is 0 Å². The van der Waals surface area contributed by atoms with Crippen molar-refractivity contribution in [1.82, 2.24) is 15.0 Å². The molecule has 0 atom stereocenters. The lowest BCUT2D eigenvalue weighted by Crippen LogP contribution is -2.13. The Labute approximate surface area is 190 Å². The number of benzene rings is 2. The second-order valence-electron chi connectivity index (χ2n) is 7.29. The van der Waals surface area contributed by atoms with Crippen LogP contribution in [-0.4, -0.2) is 27.0 Å². The molecule has 4 rings (SSSR count). The average Bonchev–Trinajstić information content (AvgIpc) is 3.27. The van der Waals surface area contributed by atoms with Gasteiger partial charge in [-0.1, -0.05) is 0 Å². The first-order chi connectivity index (χ1) is 15.5. The van der Waals surface area contributed by atoms with E-state index in [-0.39, 0.29) is 18.0 Å². The normalized spacial score (nSPS) is 10.8. The molecule has 1 N–H and O–H groups in total. The summed E-state index contributed by atoms with van der Waals surface area (Å²) in [6.07, 6.45) is 3.34. The smallest absolute Gasteiger partial charge is 0.321 e. The van der Waals surface area contributed by atoms with Crippen molar-refractivity contribution in [3.63, 3.8) is 0 Å². The standard InChI is InChI=1S/C24H22N4O3S/c1-15(2)30-18-7-5-17(6-8-18)23-28-21(14-32-23)22(29)27-20-10-9-19(13-16(20)3)31-24-25-11-4-12-26-24/h4-15H,1-3H3,(H,27,29). The Balaban J connectivity index is 1.42. The number of aromatic nitrogens is 3. The fourth-order valence-electron chi connectivity index (χ4n) is 2.93. The number of thiazole rings is 1. The number of hydrogen-bond donors (Lipinski definition) is 1. The SMILES string of the molecule is Cc1cc(Oc2ncccn2)ccc1NC(=O)c1csc(-c2ccc(OC(C)C)cc2)n1. The number of aryl methyl sites for hydroxylation is 1. The fourth-order valence-corrected chi connectivity index (χ4v) is 3.73. The van der Waals surface area contributed by atoms with E-state index >= 15 is 0 Å². The number of nitrogens with zero attached hydrogens (tertiary/aromatic N) is 3. The van der Waals surface area contributed by atoms with Gasteiger partial charge in [-0.05, 0) is 74.9 Å². The Bertz CT molecular complexity index is 1210. The van der Waals surface area contributed by atoms with Crippen molar-refractivity contribution in [3.8, 4) is 28.1 Å². The van der Waals surface area contributed by atoms with Crippen molar-refractivity contribution in [2.24, 2.45) is 0 Å². The molecule has 2 heterocycles. The molecule has 0 aliphatic carbocycles. The molecule has 0 saturated carbocycles. The van der Waals surface area contributed by atoms with Crippen LogP contribution in [0.15, 0.2) is 66.3 Å². The van der Waals surface area contributed by atoms with Crippen molar-refractivity contribution in [2.75, 3.05) is 5.32 Å². The van der Waals surface area contributed by atoms with Gasteiger partial charge in [0.1, 0.15) is 22.2 Å². The minimum Gasteiger partial charge on any atom is -0.491 e. The van der Waals surface area contributed by atoms with Gasteiger partial charge in [0.2, 0.25) is 0 Å². The van der Waals surface area contributed by atoms with Crippen LogP contribution in [0.1, 0.15) is 29.9 Å². The second-order valence-corrected chi connectivity index (χ2v) is 8.15. The molecule has 0 spiro atoms. The van der Waals surface area contributed by atoms with Crippen LogP contribution >= 0.6 is 11.3 Å². The highest BCUT2D eigenvalue weighted by atomic mass is 32.1. The molecule has 1 amide bonds. The quantitative estimate of drug-likeness (QED) is 0.390. The zero-order valence-electron chi connectivity index (χ0n) is 17.9. The molecule has 7 nitrogen and oxygen atoms in total. The zero-order valence-corrected chi connectivity index (χ0v) is 18.7. The number of nitrogens with one attached hydrogen (secondary N) is 1. The molecule has 0 bridgehead atoms. The third-order valence-corrected chi connectivity index (χ3v) is 5.30. The maximum absolute atomic E-state index is 12.7. The van der Waals surface area contributed by atoms with E-state index in [1.165, 1.54) is 11.3 Å². The molecular formula is C24H22N4O3S. The summed E-state index contributed by atoms with van der Waals surface area (Å²) in [6, 6.07) is 15.0. The van der Waals surface area contributed by atoms with Crippen LogP contribution in [0.2, 0.25) is 0 Å². The van der Waals surface area contributed by atoms with E-state index in [9.17, 15) is 4.79 Å². The molecule has 0 radical (unpaired) electrons. The van der Waals surface area contributed by atoms with E-state index in [4.69, 9.17) is 9.47 Å². The number of anilines is 1. The van der Waals surface area contributed by atoms with Crippen LogP contribution in [0, 0.1) is 6.92 Å². The van der Waals surface area contributed by atoms with Crippen molar-refractivity contribution >= 4 is 22.9 Å². The van der Waals surface area contributed by atoms with E-state index in [1.807, 2.05) is 51.1 Å². The Kier molecular flexibility index (Phi) is 6.42. The lowest BCUT2D eigenvalue weighted by atomic mass is 10.2. The largest absolute Gasteiger partial charge is 0.491 e. The Morgan fingerprint density at radius 1 is 1.03 bits per heavy atom. The van der Waals surface area contributed by atoms with Crippen LogP contribution in [0.4, 0.5) is 5.69 Å². The fraction of sp³-hybridized carbons (Fsp3) is 0.167. The maximum Gasteiger partial charge on any atom is 0.321 e. The topological polar surface area (TPSA) is 86.2 Å². The number of carbonyl (C=O) groups excluding carboxylic acids is 1. The van der Waals surface area contributed by atoms with Crippen LogP contribution in [-0.2, 0) is 0 Å². The number of carbonyl (C=O) groups is 1. The number of amides is 1. The number of rotatable bonds is 7. The maximum atomic E-state index is 12.7. The van der Waals surface area contributed by atoms with Crippen molar-refractivity contribution in [3.05, 3.63) is 77.6 Å². The summed E-state index contributed by atoms with van der Waals surface area (Å²) in [5.74, 6) is 1.13. The molecule has 0 fully saturated rings. The van der Waals surface area contributed by atoms with Gasteiger partial charge in [-0.15, -0.1) is 11.3 Å². The third kappa shape index (κ3) is 5.28. The van der Waals surface area contributed by atoms with Gasteiger partial charge in [0.25, 0.3) is 5.91 Å². The van der Waals surface area contributed by atoms with Crippen LogP contribution in [0.5, 0.6) is 17.5 Å². The van der Waals surface area contributed by atoms with Gasteiger partial charge in [-0.2, -0.15) is 0 Å². The van der Waals surface area contributed by atoms with E-state index < -0.39 is 0 Å². The first-order valence-electron chi connectivity index (χ1n) is 10.1. The summed E-state index contributed by atoms with van der Waals surface area (Å²) >= 11 is 1.42. The highest BCUT2D eigenvalue weighted by Gasteiger charge is 2.14. The Morgan fingerprint density at radius 2 is 1.75 bits per heavy atom. The first-order valence-corrected chi connectivity index (χ1v) is 11.0. The Morgan fingerprint density at radius 3 is 2.44 bits per heavy atom. The predicted octanol–water partition coefficient (Wildman–Crippen LogP) is 5.74. The zero-order chi connectivity index (χ0) is 22.5. The molecule has 0 unspecified atom stereocenters. The van der Waals surface area contributed by atoms with Crippen molar-refractivity contribution < 1.29 is 14.3 Å². The molecular weight excluding hydrogens is 424 g/mol. The van der Waals surface area contributed by atoms with E-state index in [1.54, 1.807) is 36.0 Å².